The van der Waals surface area contributed by atoms with E-state index in [1.807, 2.05) is 13.8 Å². The van der Waals surface area contributed by atoms with Crippen LogP contribution in [0.3, 0.4) is 0 Å². The Labute approximate surface area is 717 Å². The van der Waals surface area contributed by atoms with Gasteiger partial charge in [0.2, 0.25) is 100 Å². The molecule has 6 rings (SSSR count). The molecular weight excluding hydrogens is 1620 g/mol. The number of aromatic amines is 2. The van der Waals surface area contributed by atoms with E-state index >= 15 is 4.79 Å². The molecule has 0 radical (unpaired) electrons. The number of fused-ring (bicyclic) bond motifs is 2. The lowest BCUT2D eigenvalue weighted by Gasteiger charge is -2.36. The largest absolute Gasteiger partial charge is 0.394 e. The van der Waals surface area contributed by atoms with Gasteiger partial charge in [0, 0.05) is 95.3 Å². The van der Waals surface area contributed by atoms with Crippen LogP contribution in [0.5, 0.6) is 0 Å². The van der Waals surface area contributed by atoms with E-state index < -0.39 is 223 Å². The minimum Gasteiger partial charge on any atom is -0.394 e. The lowest BCUT2D eigenvalue weighted by atomic mass is 10.0. The molecule has 123 heavy (non-hydrogen) atoms. The van der Waals surface area contributed by atoms with E-state index in [2.05, 4.69) is 73.4 Å². The molecule has 2 aromatic heterocycles. The van der Waals surface area contributed by atoms with Gasteiger partial charge in [0.15, 0.2) is 5.96 Å². The van der Waals surface area contributed by atoms with Gasteiger partial charge in [-0.3, -0.25) is 86.9 Å². The molecule has 1 unspecified atom stereocenters. The van der Waals surface area contributed by atoms with Crippen LogP contribution >= 0.6 is 11.8 Å². The van der Waals surface area contributed by atoms with Crippen molar-refractivity contribution in [3.05, 3.63) is 90.1 Å². The average Bonchev–Trinajstić information content (AvgIpc) is 1.74. The van der Waals surface area contributed by atoms with E-state index in [9.17, 15) is 81.8 Å². The van der Waals surface area contributed by atoms with Gasteiger partial charge in [0.05, 0.1) is 38.2 Å². The number of H-pyrrole nitrogens is 2. The van der Waals surface area contributed by atoms with Crippen molar-refractivity contribution in [3.63, 3.8) is 0 Å². The number of rotatable bonds is 24. The number of unbranched alkanes of at least 4 members (excludes halogenated alkanes) is 2. The summed E-state index contributed by atoms with van der Waals surface area (Å²) in [6.45, 7) is 7.28. The Morgan fingerprint density at radius 1 is 0.585 bits per heavy atom. The third-order valence-electron chi connectivity index (χ3n) is 21.2. The summed E-state index contributed by atoms with van der Waals surface area (Å²) in [4.78, 5) is 259. The monoisotopic (exact) mass is 1740 g/mol. The summed E-state index contributed by atoms with van der Waals surface area (Å²) in [6.07, 6.45) is 4.84. The summed E-state index contributed by atoms with van der Waals surface area (Å²) in [5.74, 6) is -17.0. The average molecular weight is 1740 g/mol. The summed E-state index contributed by atoms with van der Waals surface area (Å²) in [5.41, 5.74) is 18.8. The number of benzene rings is 2. The molecule has 2 aliphatic rings. The lowest BCUT2D eigenvalue weighted by molar-refractivity contribution is -0.149. The van der Waals surface area contributed by atoms with Gasteiger partial charge in [-0.15, -0.1) is 11.8 Å². The molecule has 4 heterocycles. The summed E-state index contributed by atoms with van der Waals surface area (Å²) in [6, 6.07) is -3.82. The van der Waals surface area contributed by atoms with Gasteiger partial charge in [-0.05, 0) is 81.9 Å². The van der Waals surface area contributed by atoms with E-state index in [1.54, 1.807) is 74.6 Å². The highest BCUT2D eigenvalue weighted by Crippen LogP contribution is 2.24. The third kappa shape index (κ3) is 30.4. The fourth-order valence-corrected chi connectivity index (χ4v) is 15.1. The molecule has 0 aliphatic carbocycles. The zero-order chi connectivity index (χ0) is 90.9. The predicted octanol–water partition coefficient (Wildman–Crippen LogP) is -3.84. The Balaban J connectivity index is 1.40. The van der Waals surface area contributed by atoms with Crippen molar-refractivity contribution in [2.24, 2.45) is 23.1 Å². The topological polar surface area (TPSA) is 605 Å². The van der Waals surface area contributed by atoms with Crippen LogP contribution in [0.15, 0.2) is 73.3 Å². The first-order valence-corrected chi connectivity index (χ1v) is 42.3. The lowest BCUT2D eigenvalue weighted by Crippen LogP contribution is -2.60. The molecule has 2 aliphatic heterocycles. The third-order valence-corrected chi connectivity index (χ3v) is 22.2. The van der Waals surface area contributed by atoms with Gasteiger partial charge in [-0.2, -0.15) is 0 Å². The number of nitrogens with one attached hydrogen (secondary N) is 14. The highest BCUT2D eigenvalue weighted by Gasteiger charge is 2.43. The number of aromatic nitrogens is 3. The van der Waals surface area contributed by atoms with Crippen molar-refractivity contribution in [2.45, 2.75) is 216 Å². The molecule has 4 aromatic rings. The van der Waals surface area contributed by atoms with Gasteiger partial charge in [0.1, 0.15) is 78.5 Å². The number of hydrogen-bond acceptors (Lipinski definition) is 21. The van der Waals surface area contributed by atoms with Crippen LogP contribution in [0.2, 0.25) is 0 Å². The van der Waals surface area contributed by atoms with Crippen LogP contribution in [0.1, 0.15) is 135 Å². The van der Waals surface area contributed by atoms with Crippen LogP contribution in [0.4, 0.5) is 0 Å². The number of amides is 17. The Hall–Kier alpha value is -12.2. The minimum absolute atomic E-state index is 0.0125. The number of carbonyl (C=O) groups excluding carboxylic acids is 17. The molecule has 21 N–H and O–H groups in total. The van der Waals surface area contributed by atoms with E-state index in [-0.39, 0.29) is 83.2 Å². The molecule has 42 heteroatoms. The molecule has 2 saturated heterocycles. The zero-order valence-electron chi connectivity index (χ0n) is 71.3. The number of thioether (sulfide) groups is 1. The van der Waals surface area contributed by atoms with E-state index in [1.165, 1.54) is 54.6 Å². The van der Waals surface area contributed by atoms with Gasteiger partial charge in [0.25, 0.3) is 0 Å². The van der Waals surface area contributed by atoms with Crippen LogP contribution in [-0.4, -0.2) is 302 Å². The number of aliphatic hydroxyl groups is 1. The first-order chi connectivity index (χ1) is 58.4. The second-order valence-electron chi connectivity index (χ2n) is 31.3. The summed E-state index contributed by atoms with van der Waals surface area (Å²) in [7, 11) is 5.20. The maximum absolute atomic E-state index is 15.1. The maximum Gasteiger partial charge on any atom is 0.246 e. The quantitative estimate of drug-likeness (QED) is 0.0181. The van der Waals surface area contributed by atoms with Crippen LogP contribution in [0.25, 0.3) is 10.9 Å². The summed E-state index contributed by atoms with van der Waals surface area (Å²) < 4.78 is 0. The van der Waals surface area contributed by atoms with Crippen LogP contribution in [-0.2, 0) is 101 Å². The molecule has 17 amide bonds. The second kappa shape index (κ2) is 49.0. The molecule has 0 spiro atoms. The first kappa shape index (κ1) is 99.6. The molecular formula is C81H121N23O18S. The first-order valence-electron chi connectivity index (χ1n) is 41.1. The Kier molecular flexibility index (Phi) is 39.7. The van der Waals surface area contributed by atoms with Crippen molar-refractivity contribution in [1.82, 2.24) is 97.9 Å². The number of carbonyl (C=O) groups is 17. The summed E-state index contributed by atoms with van der Waals surface area (Å²) >= 11 is 0.796. The molecule has 13 atom stereocenters. The highest BCUT2D eigenvalue weighted by molar-refractivity contribution is 8.00. The Bertz CT molecular complexity index is 4360. The van der Waals surface area contributed by atoms with Crippen LogP contribution in [0, 0.1) is 11.3 Å². The number of guanidine groups is 1. The van der Waals surface area contributed by atoms with Gasteiger partial charge in [-0.25, -0.2) is 4.98 Å². The molecule has 0 bridgehead atoms. The second-order valence-corrected chi connectivity index (χ2v) is 32.3. The number of likely N-dealkylation sites (N-methyl/N-ethyl adjacent to an activating group) is 4. The number of nitrogens with two attached hydrogens (primary N) is 3. The van der Waals surface area contributed by atoms with Crippen molar-refractivity contribution < 1.29 is 86.6 Å². The van der Waals surface area contributed by atoms with Gasteiger partial charge in [-0.1, -0.05) is 102 Å². The van der Waals surface area contributed by atoms with Crippen molar-refractivity contribution in [1.29, 1.82) is 5.41 Å². The van der Waals surface area contributed by atoms with E-state index in [4.69, 9.17) is 22.6 Å². The smallest absolute Gasteiger partial charge is 0.246 e. The van der Waals surface area contributed by atoms with Crippen molar-refractivity contribution in [3.8, 4) is 0 Å². The number of nitrogens with zero attached hydrogens (tertiary/aromatic N) is 6. The molecule has 0 saturated carbocycles. The van der Waals surface area contributed by atoms with Gasteiger partial charge >= 0.3 is 0 Å². The van der Waals surface area contributed by atoms with Crippen molar-refractivity contribution in [2.75, 3.05) is 72.5 Å². The zero-order valence-corrected chi connectivity index (χ0v) is 72.1. The predicted molar refractivity (Wildman–Crippen MR) is 453 cm³/mol. The van der Waals surface area contributed by atoms with Crippen LogP contribution < -0.4 is 75.7 Å². The summed E-state index contributed by atoms with van der Waals surface area (Å²) in [5, 5.41) is 47.8. The van der Waals surface area contributed by atoms with E-state index in [0.717, 1.165) is 36.3 Å². The number of hydrogen-bond donors (Lipinski definition) is 18. The van der Waals surface area contributed by atoms with E-state index in [0.29, 0.717) is 53.4 Å². The number of para-hydroxylation sites is 1. The number of primary amides is 2. The maximum atomic E-state index is 15.1. The Morgan fingerprint density at radius 3 is 1.82 bits per heavy atom. The fourth-order valence-electron chi connectivity index (χ4n) is 14.2. The molecule has 41 nitrogen and oxygen atoms in total. The molecule has 2 fully saturated rings. The van der Waals surface area contributed by atoms with Crippen molar-refractivity contribution >= 4 is 129 Å². The fraction of sp³-hybridized carbons (Fsp3) is 0.568. The van der Waals surface area contributed by atoms with Gasteiger partial charge < -0.3 is 115 Å². The molecule has 674 valence electrons. The number of imidazole rings is 1. The number of aliphatic hydroxyl groups excluding tert-OH is 1. The standard InChI is InChI=1S/C81H121N23O18S/c1-11-13-27-61-74(116)94-53(26-20-30-87-81(84)85)70(112)99-60(69(111)89-39-65(83)107)42-123-43-67(109)93-57(33-48-22-16-15-17-23-48)78(120)101(8)47(6)68(110)96-58(36-64(82)106)79(121)104-31-21-29-62(104)75(117)95-55(35-50-38-86-44-90-50)72(114)97-56(32-45(3)4)77(119)100(7)40-66(108)92-54(34-49-37-88-52-25-19-18-24-51(49)52)71(113)98-59(41-105)73(115)91-46(5)76(118)103(10)63(28-14-12-2)80(122)102(61)9/h15-19,22-25,37-38,44-47,53-63,88,105H,11-14,20-21,26-36,39-43H2,1-10H3,(H2,82,106)(H2,83,107)(H,86,90)(H,89,111)(H,91,115)(H,92,108)(H,93,109)(H,94,116)(H,95,117)(H,96,110)(H,97,114)(H,98,113)(H,99,112)(H4,84,85,87)/t46-,47-,53-,54-,55-,56-,57-,58-,59-,60-,61-,62?,63-/m0/s1. The minimum atomic E-state index is -1.78. The Morgan fingerprint density at radius 2 is 1.19 bits per heavy atom. The molecule has 2 aromatic carbocycles. The highest BCUT2D eigenvalue weighted by atomic mass is 32.2. The normalized spacial score (nSPS) is 24.3. The SMILES string of the molecule is CCCC[C@H]1C(=O)N(C)[C@@H](CCCC)C(=O)N[C@@H](CCCNC(=N)N)C(=O)N[C@H](C(=O)NCC(N)=O)CSCC(=O)N[C@@H](Cc2ccccc2)C(=O)N(C)[C@@H](C)C(=O)N[C@@H](CC(N)=O)C(=O)N2CCCC2C(=O)N[C@@H](Cc2cnc[nH]2)C(=O)N[C@@H](CC(C)C)C(=O)N(C)CC(=O)N[C@@H](Cc2c[nH]c3ccccc23)C(=O)N[C@@H](CO)C(=O)N[C@@H](C)C(=O)N1C.